The Balaban J connectivity index is 1.91. The minimum atomic E-state index is -0.870. The molecule has 0 saturated carbocycles. The van der Waals surface area contributed by atoms with Crippen LogP contribution in [0.4, 0.5) is 5.69 Å². The number of hydrogen-bond acceptors (Lipinski definition) is 6. The number of rotatable bonds is 6. The number of aromatic nitrogens is 1. The molecule has 1 atom stereocenters. The highest BCUT2D eigenvalue weighted by molar-refractivity contribution is 6.51. The van der Waals surface area contributed by atoms with Crippen molar-refractivity contribution < 1.29 is 24.2 Å². The maximum Gasteiger partial charge on any atom is 0.300 e. The second kappa shape index (κ2) is 9.34. The van der Waals surface area contributed by atoms with Crippen LogP contribution in [0, 0.1) is 0 Å². The molecule has 2 heterocycles. The first-order chi connectivity index (χ1) is 16.0. The van der Waals surface area contributed by atoms with Crippen LogP contribution >= 0.6 is 11.6 Å². The van der Waals surface area contributed by atoms with Gasteiger partial charge in [0.05, 0.1) is 30.4 Å². The van der Waals surface area contributed by atoms with E-state index in [-0.39, 0.29) is 16.4 Å². The van der Waals surface area contributed by atoms with Crippen molar-refractivity contribution in [2.24, 2.45) is 0 Å². The normalized spacial score (nSPS) is 17.3. The number of nitrogens with zero attached hydrogens (tertiary/aromatic N) is 2. The first-order valence-corrected chi connectivity index (χ1v) is 10.6. The number of carbonyl (C=O) groups is 2. The fraction of sp³-hybridized carbons (Fsp3) is 0.160. The number of amides is 1. The second-order valence-corrected chi connectivity index (χ2v) is 7.64. The summed E-state index contributed by atoms with van der Waals surface area (Å²) in [6, 6.07) is 14.1. The molecule has 7 nitrogen and oxygen atoms in total. The van der Waals surface area contributed by atoms with Crippen molar-refractivity contribution >= 4 is 34.7 Å². The highest BCUT2D eigenvalue weighted by Gasteiger charge is 2.47. The average Bonchev–Trinajstić information content (AvgIpc) is 3.10. The molecule has 1 aromatic heterocycles. The van der Waals surface area contributed by atoms with Gasteiger partial charge in [-0.25, -0.2) is 0 Å². The lowest BCUT2D eigenvalue weighted by molar-refractivity contribution is -0.132. The van der Waals surface area contributed by atoms with Gasteiger partial charge in [-0.2, -0.15) is 0 Å². The molecule has 1 unspecified atom stereocenters. The monoisotopic (exact) mass is 464 g/mol. The van der Waals surface area contributed by atoms with Crippen molar-refractivity contribution in [3.63, 3.8) is 0 Å². The second-order valence-electron chi connectivity index (χ2n) is 7.23. The van der Waals surface area contributed by atoms with Crippen molar-refractivity contribution in [2.45, 2.75) is 13.0 Å². The zero-order valence-corrected chi connectivity index (χ0v) is 18.7. The summed E-state index contributed by atoms with van der Waals surface area (Å²) in [5.41, 5.74) is 1.33. The number of pyridine rings is 1. The Morgan fingerprint density at radius 2 is 1.88 bits per heavy atom. The Morgan fingerprint density at radius 3 is 2.55 bits per heavy atom. The molecule has 168 valence electrons. The molecule has 1 aliphatic rings. The molecule has 0 aliphatic carbocycles. The SMILES string of the molecule is CCOc1cccc(N2C(=O)C(=O)/C(=C(/O)c3ccc(OC)c(Cl)c3)C2c2ccncc2)c1. The Kier molecular flexibility index (Phi) is 6.33. The molecule has 1 saturated heterocycles. The molecule has 1 amide bonds. The summed E-state index contributed by atoms with van der Waals surface area (Å²) in [5.74, 6) is -0.905. The number of ketones is 1. The third kappa shape index (κ3) is 4.15. The molecule has 0 radical (unpaired) electrons. The Hall–Kier alpha value is -3.84. The van der Waals surface area contributed by atoms with Crippen molar-refractivity contribution in [1.29, 1.82) is 0 Å². The van der Waals surface area contributed by atoms with Crippen molar-refractivity contribution in [3.8, 4) is 11.5 Å². The quantitative estimate of drug-likeness (QED) is 0.321. The van der Waals surface area contributed by atoms with E-state index < -0.39 is 17.7 Å². The van der Waals surface area contributed by atoms with Gasteiger partial charge in [0.25, 0.3) is 11.7 Å². The number of benzene rings is 2. The van der Waals surface area contributed by atoms with Crippen LogP contribution in [0.1, 0.15) is 24.1 Å². The van der Waals surface area contributed by atoms with Crippen LogP contribution in [0.2, 0.25) is 5.02 Å². The Bertz CT molecular complexity index is 1240. The third-order valence-electron chi connectivity index (χ3n) is 5.30. The Labute approximate surface area is 195 Å². The molecule has 33 heavy (non-hydrogen) atoms. The van der Waals surface area contributed by atoms with E-state index in [1.54, 1.807) is 60.9 Å². The summed E-state index contributed by atoms with van der Waals surface area (Å²) in [6.45, 7) is 2.31. The van der Waals surface area contributed by atoms with Gasteiger partial charge < -0.3 is 14.6 Å². The molecule has 0 bridgehead atoms. The van der Waals surface area contributed by atoms with Crippen LogP contribution < -0.4 is 14.4 Å². The number of aliphatic hydroxyl groups excluding tert-OH is 1. The van der Waals surface area contributed by atoms with Crippen molar-refractivity contribution in [1.82, 2.24) is 4.98 Å². The smallest absolute Gasteiger partial charge is 0.300 e. The number of carbonyl (C=O) groups excluding carboxylic acids is 2. The number of hydrogen-bond donors (Lipinski definition) is 1. The number of halogens is 1. The summed E-state index contributed by atoms with van der Waals surface area (Å²) < 4.78 is 10.7. The van der Waals surface area contributed by atoms with Gasteiger partial charge in [0.1, 0.15) is 17.3 Å². The van der Waals surface area contributed by atoms with Crippen LogP contribution in [-0.2, 0) is 9.59 Å². The van der Waals surface area contributed by atoms with Crippen LogP contribution in [0.3, 0.4) is 0 Å². The molecule has 8 heteroatoms. The molecule has 2 aromatic carbocycles. The maximum absolute atomic E-state index is 13.2. The number of anilines is 1. The Morgan fingerprint density at radius 1 is 1.12 bits per heavy atom. The molecule has 0 spiro atoms. The molecule has 3 aromatic rings. The molecule has 1 aliphatic heterocycles. The maximum atomic E-state index is 13.2. The molecular weight excluding hydrogens is 444 g/mol. The minimum absolute atomic E-state index is 0.0470. The van der Waals surface area contributed by atoms with Gasteiger partial charge in [0.2, 0.25) is 0 Å². The van der Waals surface area contributed by atoms with E-state index in [0.717, 1.165) is 0 Å². The predicted molar refractivity (Wildman–Crippen MR) is 125 cm³/mol. The zero-order chi connectivity index (χ0) is 23.5. The third-order valence-corrected chi connectivity index (χ3v) is 5.59. The minimum Gasteiger partial charge on any atom is -0.507 e. The van der Waals surface area contributed by atoms with E-state index in [1.165, 1.54) is 18.1 Å². The highest BCUT2D eigenvalue weighted by Crippen LogP contribution is 2.43. The fourth-order valence-corrected chi connectivity index (χ4v) is 4.08. The molecule has 1 fully saturated rings. The van der Waals surface area contributed by atoms with Gasteiger partial charge in [-0.1, -0.05) is 17.7 Å². The van der Waals surface area contributed by atoms with Gasteiger partial charge in [-0.15, -0.1) is 0 Å². The van der Waals surface area contributed by atoms with E-state index in [2.05, 4.69) is 4.98 Å². The van der Waals surface area contributed by atoms with Crippen LogP contribution in [0.15, 0.2) is 72.6 Å². The van der Waals surface area contributed by atoms with Crippen molar-refractivity contribution in [3.05, 3.63) is 88.7 Å². The van der Waals surface area contributed by atoms with Crippen LogP contribution in [0.25, 0.3) is 5.76 Å². The molecule has 4 rings (SSSR count). The summed E-state index contributed by atoms with van der Waals surface area (Å²) in [6.07, 6.45) is 3.13. The first kappa shape index (κ1) is 22.4. The standard InChI is InChI=1S/C25H21ClN2O5/c1-3-33-18-6-4-5-17(14-18)28-22(15-9-11-27-12-10-15)21(24(30)25(28)31)23(29)16-7-8-20(32-2)19(26)13-16/h4-14,22,29H,3H2,1-2H3/b23-21+. The lowest BCUT2D eigenvalue weighted by Crippen LogP contribution is -2.29. The van der Waals surface area contributed by atoms with Gasteiger partial charge in [0, 0.05) is 29.7 Å². The first-order valence-electron chi connectivity index (χ1n) is 10.2. The van der Waals surface area contributed by atoms with Crippen LogP contribution in [-0.4, -0.2) is 35.5 Å². The van der Waals surface area contributed by atoms with E-state index in [1.807, 2.05) is 6.92 Å². The summed E-state index contributed by atoms with van der Waals surface area (Å²) in [7, 11) is 1.48. The summed E-state index contributed by atoms with van der Waals surface area (Å²) in [5, 5.41) is 11.4. The molecule has 1 N–H and O–H groups in total. The van der Waals surface area contributed by atoms with Crippen molar-refractivity contribution in [2.75, 3.05) is 18.6 Å². The summed E-state index contributed by atoms with van der Waals surface area (Å²) >= 11 is 6.23. The number of aliphatic hydroxyl groups is 1. The van der Waals surface area contributed by atoms with E-state index in [9.17, 15) is 14.7 Å². The van der Waals surface area contributed by atoms with Gasteiger partial charge in [0.15, 0.2) is 0 Å². The molecular formula is C25H21ClN2O5. The van der Waals surface area contributed by atoms with E-state index in [0.29, 0.717) is 34.9 Å². The number of ether oxygens (including phenoxy) is 2. The summed E-state index contributed by atoms with van der Waals surface area (Å²) in [4.78, 5) is 31.8. The fourth-order valence-electron chi connectivity index (χ4n) is 3.82. The van der Waals surface area contributed by atoms with Gasteiger partial charge in [-0.3, -0.25) is 19.5 Å². The van der Waals surface area contributed by atoms with E-state index >= 15 is 0 Å². The van der Waals surface area contributed by atoms with Gasteiger partial charge in [-0.05, 0) is 55.0 Å². The zero-order valence-electron chi connectivity index (χ0n) is 18.0. The van der Waals surface area contributed by atoms with Crippen LogP contribution in [0.5, 0.6) is 11.5 Å². The largest absolute Gasteiger partial charge is 0.507 e. The highest BCUT2D eigenvalue weighted by atomic mass is 35.5. The number of Topliss-reactive ketones (excluding diaryl/α,β-unsaturated/α-hetero) is 1. The lowest BCUT2D eigenvalue weighted by atomic mass is 9.95. The number of methoxy groups -OCH3 is 1. The average molecular weight is 465 g/mol. The topological polar surface area (TPSA) is 89.0 Å². The predicted octanol–water partition coefficient (Wildman–Crippen LogP) is 4.77. The van der Waals surface area contributed by atoms with Gasteiger partial charge >= 0.3 is 0 Å². The lowest BCUT2D eigenvalue weighted by Gasteiger charge is -2.25. The van der Waals surface area contributed by atoms with E-state index in [4.69, 9.17) is 21.1 Å².